The highest BCUT2D eigenvalue weighted by atomic mass is 16.2. The first-order chi connectivity index (χ1) is 12.1. The van der Waals surface area contributed by atoms with Crippen LogP contribution in [0.4, 0.5) is 0 Å². The SMILES string of the molecule is Cc1cnc(C2CCCN(C(=O)Cn3c(C)nc4ccccc43)C2)[nH]1. The molecule has 3 aromatic rings. The summed E-state index contributed by atoms with van der Waals surface area (Å²) in [6, 6.07) is 7.97. The van der Waals surface area contributed by atoms with E-state index in [9.17, 15) is 4.79 Å². The van der Waals surface area contributed by atoms with Crippen LogP contribution in [-0.4, -0.2) is 43.4 Å². The number of hydrogen-bond donors (Lipinski definition) is 1. The zero-order chi connectivity index (χ0) is 17.4. The predicted octanol–water partition coefficient (Wildman–Crippen LogP) is 2.78. The van der Waals surface area contributed by atoms with Crippen molar-refractivity contribution in [3.8, 4) is 0 Å². The van der Waals surface area contributed by atoms with Gasteiger partial charge in [-0.15, -0.1) is 0 Å². The third-order valence-corrected chi connectivity index (χ3v) is 5.02. The number of aromatic nitrogens is 4. The standard InChI is InChI=1S/C19H23N5O/c1-13-10-20-19(21-13)15-6-5-9-23(11-15)18(25)12-24-14(2)22-16-7-3-4-8-17(16)24/h3-4,7-8,10,15H,5-6,9,11-12H2,1-2H3,(H,20,21). The second-order valence-corrected chi connectivity index (χ2v) is 6.86. The number of H-pyrrole nitrogens is 1. The fraction of sp³-hybridized carbons (Fsp3) is 0.421. The van der Waals surface area contributed by atoms with Crippen molar-refractivity contribution in [1.29, 1.82) is 0 Å². The Morgan fingerprint density at radius 2 is 2.16 bits per heavy atom. The lowest BCUT2D eigenvalue weighted by atomic mass is 9.97. The highest BCUT2D eigenvalue weighted by Gasteiger charge is 2.27. The number of benzene rings is 1. The average Bonchev–Trinajstić information content (AvgIpc) is 3.19. The Labute approximate surface area is 146 Å². The lowest BCUT2D eigenvalue weighted by molar-refractivity contribution is -0.133. The smallest absolute Gasteiger partial charge is 0.242 e. The van der Waals surface area contributed by atoms with E-state index in [-0.39, 0.29) is 5.91 Å². The maximum atomic E-state index is 12.9. The van der Waals surface area contributed by atoms with Crippen molar-refractivity contribution in [2.24, 2.45) is 0 Å². The zero-order valence-corrected chi connectivity index (χ0v) is 14.7. The quantitative estimate of drug-likeness (QED) is 0.799. The summed E-state index contributed by atoms with van der Waals surface area (Å²) >= 11 is 0. The number of imidazole rings is 2. The highest BCUT2D eigenvalue weighted by molar-refractivity contribution is 5.81. The molecule has 1 unspecified atom stereocenters. The molecule has 3 heterocycles. The molecule has 6 heteroatoms. The van der Waals surface area contributed by atoms with E-state index in [1.807, 2.05) is 53.8 Å². The summed E-state index contributed by atoms with van der Waals surface area (Å²) < 4.78 is 2.01. The molecule has 25 heavy (non-hydrogen) atoms. The van der Waals surface area contributed by atoms with Gasteiger partial charge in [-0.1, -0.05) is 12.1 Å². The number of nitrogens with one attached hydrogen (secondary N) is 1. The summed E-state index contributed by atoms with van der Waals surface area (Å²) in [4.78, 5) is 27.2. The second-order valence-electron chi connectivity index (χ2n) is 6.86. The van der Waals surface area contributed by atoms with Gasteiger partial charge in [-0.2, -0.15) is 0 Å². The Morgan fingerprint density at radius 1 is 1.32 bits per heavy atom. The van der Waals surface area contributed by atoms with E-state index in [4.69, 9.17) is 0 Å². The van der Waals surface area contributed by atoms with E-state index in [0.29, 0.717) is 12.5 Å². The minimum atomic E-state index is 0.152. The van der Waals surface area contributed by atoms with Crippen LogP contribution in [0.15, 0.2) is 30.5 Å². The molecule has 0 bridgehead atoms. The van der Waals surface area contributed by atoms with Crippen molar-refractivity contribution >= 4 is 16.9 Å². The molecule has 4 rings (SSSR count). The third-order valence-electron chi connectivity index (χ3n) is 5.02. The summed E-state index contributed by atoms with van der Waals surface area (Å²) in [7, 11) is 0. The molecule has 0 spiro atoms. The van der Waals surface area contributed by atoms with Crippen LogP contribution in [0.25, 0.3) is 11.0 Å². The molecule has 0 aliphatic carbocycles. The third kappa shape index (κ3) is 3.04. The van der Waals surface area contributed by atoms with Crippen LogP contribution in [0.1, 0.15) is 36.1 Å². The fourth-order valence-electron chi connectivity index (χ4n) is 3.70. The Morgan fingerprint density at radius 3 is 2.96 bits per heavy atom. The number of carbonyl (C=O) groups excluding carboxylic acids is 1. The number of fused-ring (bicyclic) bond motifs is 1. The summed E-state index contributed by atoms with van der Waals surface area (Å²) in [6.45, 7) is 5.86. The maximum absolute atomic E-state index is 12.9. The molecule has 0 saturated carbocycles. The van der Waals surface area contributed by atoms with Gasteiger partial charge in [-0.3, -0.25) is 4.79 Å². The molecule has 2 aromatic heterocycles. The van der Waals surface area contributed by atoms with Crippen LogP contribution in [0.3, 0.4) is 0 Å². The summed E-state index contributed by atoms with van der Waals surface area (Å²) in [6.07, 6.45) is 3.95. The Hall–Kier alpha value is -2.63. The molecule has 1 aromatic carbocycles. The van der Waals surface area contributed by atoms with Crippen molar-refractivity contribution < 1.29 is 4.79 Å². The van der Waals surface area contributed by atoms with Gasteiger partial charge in [-0.25, -0.2) is 9.97 Å². The minimum Gasteiger partial charge on any atom is -0.346 e. The predicted molar refractivity (Wildman–Crippen MR) is 96.3 cm³/mol. The van der Waals surface area contributed by atoms with Crippen molar-refractivity contribution in [2.45, 2.75) is 39.2 Å². The van der Waals surface area contributed by atoms with E-state index in [1.165, 1.54) is 0 Å². The van der Waals surface area contributed by atoms with E-state index in [2.05, 4.69) is 15.0 Å². The van der Waals surface area contributed by atoms with Gasteiger partial charge in [-0.05, 0) is 38.8 Å². The maximum Gasteiger partial charge on any atom is 0.242 e. The number of hydrogen-bond acceptors (Lipinski definition) is 3. The van der Waals surface area contributed by atoms with Gasteiger partial charge in [0.1, 0.15) is 18.2 Å². The molecule has 1 atom stereocenters. The molecule has 1 aliphatic heterocycles. The van der Waals surface area contributed by atoms with E-state index in [1.54, 1.807) is 0 Å². The average molecular weight is 337 g/mol. The van der Waals surface area contributed by atoms with Crippen molar-refractivity contribution in [1.82, 2.24) is 24.4 Å². The van der Waals surface area contributed by atoms with Gasteiger partial charge in [0.2, 0.25) is 5.91 Å². The Balaban J connectivity index is 1.51. The largest absolute Gasteiger partial charge is 0.346 e. The Bertz CT molecular complexity index is 910. The topological polar surface area (TPSA) is 66.8 Å². The van der Waals surface area contributed by atoms with Crippen LogP contribution >= 0.6 is 0 Å². The number of likely N-dealkylation sites (tertiary alicyclic amines) is 1. The van der Waals surface area contributed by atoms with Gasteiger partial charge in [0.25, 0.3) is 0 Å². The summed E-state index contributed by atoms with van der Waals surface area (Å²) in [5.41, 5.74) is 3.03. The summed E-state index contributed by atoms with van der Waals surface area (Å²) in [5, 5.41) is 0. The monoisotopic (exact) mass is 337 g/mol. The first kappa shape index (κ1) is 15.9. The number of para-hydroxylation sites is 2. The van der Waals surface area contributed by atoms with Crippen LogP contribution < -0.4 is 0 Å². The number of aromatic amines is 1. The first-order valence-corrected chi connectivity index (χ1v) is 8.83. The van der Waals surface area contributed by atoms with Gasteiger partial charge >= 0.3 is 0 Å². The van der Waals surface area contributed by atoms with Crippen LogP contribution in [-0.2, 0) is 11.3 Å². The number of aryl methyl sites for hydroxylation is 2. The number of piperidine rings is 1. The van der Waals surface area contributed by atoms with Gasteiger partial charge in [0, 0.05) is 30.9 Å². The minimum absolute atomic E-state index is 0.152. The number of rotatable bonds is 3. The van der Waals surface area contributed by atoms with Gasteiger partial charge < -0.3 is 14.5 Å². The molecule has 6 nitrogen and oxygen atoms in total. The zero-order valence-electron chi connectivity index (χ0n) is 14.7. The molecular formula is C19H23N5O. The fourth-order valence-corrected chi connectivity index (χ4v) is 3.70. The molecule has 1 amide bonds. The molecule has 1 N–H and O–H groups in total. The van der Waals surface area contributed by atoms with Crippen molar-refractivity contribution in [3.63, 3.8) is 0 Å². The number of carbonyl (C=O) groups is 1. The number of amides is 1. The van der Waals surface area contributed by atoms with E-state index in [0.717, 1.165) is 54.3 Å². The normalized spacial score (nSPS) is 18.0. The molecule has 1 fully saturated rings. The molecule has 1 saturated heterocycles. The highest BCUT2D eigenvalue weighted by Crippen LogP contribution is 2.25. The lowest BCUT2D eigenvalue weighted by Gasteiger charge is -2.32. The van der Waals surface area contributed by atoms with Crippen molar-refractivity contribution in [3.05, 3.63) is 47.8 Å². The second kappa shape index (κ2) is 6.35. The van der Waals surface area contributed by atoms with Crippen LogP contribution in [0, 0.1) is 13.8 Å². The molecule has 0 radical (unpaired) electrons. The Kier molecular flexibility index (Phi) is 4.03. The molecular weight excluding hydrogens is 314 g/mol. The summed E-state index contributed by atoms with van der Waals surface area (Å²) in [5.74, 6) is 2.33. The van der Waals surface area contributed by atoms with Crippen LogP contribution in [0.2, 0.25) is 0 Å². The van der Waals surface area contributed by atoms with Crippen molar-refractivity contribution in [2.75, 3.05) is 13.1 Å². The van der Waals surface area contributed by atoms with Gasteiger partial charge in [0.15, 0.2) is 0 Å². The molecule has 130 valence electrons. The lowest BCUT2D eigenvalue weighted by Crippen LogP contribution is -2.41. The van der Waals surface area contributed by atoms with Gasteiger partial charge in [0.05, 0.1) is 11.0 Å². The van der Waals surface area contributed by atoms with E-state index < -0.39 is 0 Å². The number of nitrogens with zero attached hydrogens (tertiary/aromatic N) is 4. The molecule has 1 aliphatic rings. The van der Waals surface area contributed by atoms with E-state index >= 15 is 0 Å². The first-order valence-electron chi connectivity index (χ1n) is 8.83. The van der Waals surface area contributed by atoms with Crippen LogP contribution in [0.5, 0.6) is 0 Å².